The minimum absolute atomic E-state index is 0.217. The predicted molar refractivity (Wildman–Crippen MR) is 118 cm³/mol. The Morgan fingerprint density at radius 1 is 0.933 bits per heavy atom. The van der Waals surface area contributed by atoms with E-state index in [1.165, 1.54) is 11.1 Å². The Labute approximate surface area is 175 Å². The highest BCUT2D eigenvalue weighted by atomic mass is 16.5. The van der Waals surface area contributed by atoms with Gasteiger partial charge < -0.3 is 14.8 Å². The van der Waals surface area contributed by atoms with Crippen LogP contribution < -0.4 is 14.8 Å². The standard InChI is InChI=1S/C24H23N3O3/c1-15-5-8-20(16(2)11-15)27-14-25-19-12-17(6-9-21(19)27)24(28)26-18-7-10-22(29-3)23(13-18)30-4/h5-14H,1-4H3,(H,26,28). The number of nitrogens with one attached hydrogen (secondary N) is 1. The summed E-state index contributed by atoms with van der Waals surface area (Å²) in [4.78, 5) is 17.3. The molecule has 6 heteroatoms. The van der Waals surface area contributed by atoms with Gasteiger partial charge in [-0.1, -0.05) is 17.7 Å². The molecule has 0 bridgehead atoms. The number of nitrogens with zero attached hydrogens (tertiary/aromatic N) is 2. The van der Waals surface area contributed by atoms with Gasteiger partial charge in [0.1, 0.15) is 6.33 Å². The highest BCUT2D eigenvalue weighted by Crippen LogP contribution is 2.30. The minimum atomic E-state index is -0.217. The monoisotopic (exact) mass is 401 g/mol. The fraction of sp³-hybridized carbons (Fsp3) is 0.167. The number of carbonyl (C=O) groups is 1. The van der Waals surface area contributed by atoms with Crippen LogP contribution in [0.4, 0.5) is 5.69 Å². The van der Waals surface area contributed by atoms with E-state index in [1.807, 2.05) is 10.6 Å². The summed E-state index contributed by atoms with van der Waals surface area (Å²) in [6.45, 7) is 4.16. The van der Waals surface area contributed by atoms with Gasteiger partial charge in [-0.05, 0) is 55.8 Å². The molecule has 30 heavy (non-hydrogen) atoms. The molecule has 1 N–H and O–H groups in total. The molecule has 1 heterocycles. The Morgan fingerprint density at radius 3 is 2.47 bits per heavy atom. The molecule has 0 spiro atoms. The summed E-state index contributed by atoms with van der Waals surface area (Å²) in [7, 11) is 3.13. The van der Waals surface area contributed by atoms with Crippen LogP contribution in [-0.2, 0) is 0 Å². The number of rotatable bonds is 5. The second-order valence-electron chi connectivity index (χ2n) is 7.13. The SMILES string of the molecule is COc1ccc(NC(=O)c2ccc3c(c2)ncn3-c2ccc(C)cc2C)cc1OC. The van der Waals surface area contributed by atoms with E-state index in [0.717, 1.165) is 16.7 Å². The van der Waals surface area contributed by atoms with Crippen molar-refractivity contribution in [2.75, 3.05) is 19.5 Å². The first-order valence-electron chi connectivity index (χ1n) is 9.58. The highest BCUT2D eigenvalue weighted by Gasteiger charge is 2.13. The molecule has 0 aliphatic carbocycles. The van der Waals surface area contributed by atoms with Crippen LogP contribution in [0.1, 0.15) is 21.5 Å². The zero-order chi connectivity index (χ0) is 21.3. The van der Waals surface area contributed by atoms with E-state index in [1.54, 1.807) is 50.9 Å². The first-order valence-corrected chi connectivity index (χ1v) is 9.58. The topological polar surface area (TPSA) is 65.4 Å². The van der Waals surface area contributed by atoms with E-state index in [4.69, 9.17) is 9.47 Å². The van der Waals surface area contributed by atoms with Gasteiger partial charge in [-0.2, -0.15) is 0 Å². The van der Waals surface area contributed by atoms with E-state index in [0.29, 0.717) is 22.7 Å². The lowest BCUT2D eigenvalue weighted by Crippen LogP contribution is -2.12. The molecule has 0 fully saturated rings. The van der Waals surface area contributed by atoms with Gasteiger partial charge in [0.05, 0.1) is 30.9 Å². The maximum atomic E-state index is 12.8. The number of carbonyl (C=O) groups excluding carboxylic acids is 1. The third-order valence-corrected chi connectivity index (χ3v) is 5.06. The quantitative estimate of drug-likeness (QED) is 0.516. The van der Waals surface area contributed by atoms with Gasteiger partial charge in [-0.25, -0.2) is 4.98 Å². The van der Waals surface area contributed by atoms with Gasteiger partial charge >= 0.3 is 0 Å². The number of hydrogen-bond donors (Lipinski definition) is 1. The predicted octanol–water partition coefficient (Wildman–Crippen LogP) is 4.91. The average molecular weight is 401 g/mol. The molecule has 0 saturated heterocycles. The lowest BCUT2D eigenvalue weighted by atomic mass is 10.1. The van der Waals surface area contributed by atoms with Gasteiger partial charge in [0.2, 0.25) is 0 Å². The van der Waals surface area contributed by atoms with E-state index in [-0.39, 0.29) is 5.91 Å². The number of aromatic nitrogens is 2. The van der Waals surface area contributed by atoms with E-state index >= 15 is 0 Å². The van der Waals surface area contributed by atoms with Crippen LogP contribution >= 0.6 is 0 Å². The fourth-order valence-electron chi connectivity index (χ4n) is 3.54. The number of ether oxygens (including phenoxy) is 2. The Morgan fingerprint density at radius 2 is 1.73 bits per heavy atom. The van der Waals surface area contributed by atoms with Crippen molar-refractivity contribution >= 4 is 22.6 Å². The molecule has 0 aliphatic rings. The molecule has 4 rings (SSSR count). The number of benzene rings is 3. The Hall–Kier alpha value is -3.80. The van der Waals surface area contributed by atoms with E-state index < -0.39 is 0 Å². The molecule has 3 aromatic carbocycles. The van der Waals surface area contributed by atoms with Crippen molar-refractivity contribution in [2.45, 2.75) is 13.8 Å². The first kappa shape index (κ1) is 19.5. The van der Waals surface area contributed by atoms with E-state index in [2.05, 4.69) is 42.3 Å². The fourth-order valence-corrected chi connectivity index (χ4v) is 3.54. The smallest absolute Gasteiger partial charge is 0.255 e. The van der Waals surface area contributed by atoms with Crippen LogP contribution in [0.25, 0.3) is 16.7 Å². The van der Waals surface area contributed by atoms with Crippen molar-refractivity contribution in [1.82, 2.24) is 9.55 Å². The van der Waals surface area contributed by atoms with Gasteiger partial charge in [0.25, 0.3) is 5.91 Å². The largest absolute Gasteiger partial charge is 0.493 e. The summed E-state index contributed by atoms with van der Waals surface area (Å²) < 4.78 is 12.6. The summed E-state index contributed by atoms with van der Waals surface area (Å²) in [6, 6.07) is 17.1. The molecule has 4 aromatic rings. The van der Waals surface area contributed by atoms with Crippen molar-refractivity contribution in [3.63, 3.8) is 0 Å². The summed E-state index contributed by atoms with van der Waals surface area (Å²) in [5.41, 5.74) is 6.33. The summed E-state index contributed by atoms with van der Waals surface area (Å²) in [5, 5.41) is 2.89. The molecule has 0 unspecified atom stereocenters. The highest BCUT2D eigenvalue weighted by molar-refractivity contribution is 6.06. The van der Waals surface area contributed by atoms with Gasteiger partial charge in [0.15, 0.2) is 11.5 Å². The van der Waals surface area contributed by atoms with Crippen molar-refractivity contribution in [1.29, 1.82) is 0 Å². The van der Waals surface area contributed by atoms with Gasteiger partial charge in [-0.15, -0.1) is 0 Å². The third-order valence-electron chi connectivity index (χ3n) is 5.06. The summed E-state index contributed by atoms with van der Waals surface area (Å²) in [5.74, 6) is 0.942. The number of methoxy groups -OCH3 is 2. The lowest BCUT2D eigenvalue weighted by Gasteiger charge is -2.11. The van der Waals surface area contributed by atoms with Crippen molar-refractivity contribution in [3.05, 3.63) is 77.6 Å². The molecule has 0 aliphatic heterocycles. The minimum Gasteiger partial charge on any atom is -0.493 e. The Bertz CT molecular complexity index is 1240. The number of amides is 1. The lowest BCUT2D eigenvalue weighted by molar-refractivity contribution is 0.102. The molecule has 0 radical (unpaired) electrons. The van der Waals surface area contributed by atoms with E-state index in [9.17, 15) is 4.79 Å². The maximum absolute atomic E-state index is 12.8. The van der Waals surface area contributed by atoms with Crippen LogP contribution in [0.2, 0.25) is 0 Å². The zero-order valence-corrected chi connectivity index (χ0v) is 17.4. The molecule has 152 valence electrons. The second kappa shape index (κ2) is 7.91. The normalized spacial score (nSPS) is 10.8. The Kier molecular flexibility index (Phi) is 5.14. The Balaban J connectivity index is 1.62. The number of aryl methyl sites for hydroxylation is 2. The van der Waals surface area contributed by atoms with Crippen LogP contribution in [0.3, 0.4) is 0 Å². The number of hydrogen-bond acceptors (Lipinski definition) is 4. The third kappa shape index (κ3) is 3.59. The molecular weight excluding hydrogens is 378 g/mol. The molecule has 1 amide bonds. The summed E-state index contributed by atoms with van der Waals surface area (Å²) in [6.07, 6.45) is 1.79. The first-order chi connectivity index (χ1) is 14.5. The molecule has 0 saturated carbocycles. The maximum Gasteiger partial charge on any atom is 0.255 e. The number of anilines is 1. The zero-order valence-electron chi connectivity index (χ0n) is 17.4. The van der Waals surface area contributed by atoms with Gasteiger partial charge in [0, 0.05) is 17.3 Å². The van der Waals surface area contributed by atoms with Crippen LogP contribution in [-0.4, -0.2) is 29.7 Å². The average Bonchev–Trinajstić information content (AvgIpc) is 3.16. The molecule has 1 aromatic heterocycles. The number of imidazole rings is 1. The van der Waals surface area contributed by atoms with Gasteiger partial charge in [-0.3, -0.25) is 9.36 Å². The van der Waals surface area contributed by atoms with Crippen LogP contribution in [0.15, 0.2) is 60.9 Å². The molecular formula is C24H23N3O3. The second-order valence-corrected chi connectivity index (χ2v) is 7.13. The van der Waals surface area contributed by atoms with Crippen molar-refractivity contribution in [2.24, 2.45) is 0 Å². The summed E-state index contributed by atoms with van der Waals surface area (Å²) >= 11 is 0. The molecule has 0 atom stereocenters. The van der Waals surface area contributed by atoms with Crippen molar-refractivity contribution < 1.29 is 14.3 Å². The van der Waals surface area contributed by atoms with Crippen LogP contribution in [0, 0.1) is 13.8 Å². The van der Waals surface area contributed by atoms with Crippen LogP contribution in [0.5, 0.6) is 11.5 Å². The molecule has 6 nitrogen and oxygen atoms in total. The number of fused-ring (bicyclic) bond motifs is 1. The van der Waals surface area contributed by atoms with Crippen molar-refractivity contribution in [3.8, 4) is 17.2 Å².